The van der Waals surface area contributed by atoms with E-state index >= 15 is 0 Å². The number of anilines is 1. The predicted molar refractivity (Wildman–Crippen MR) is 78.4 cm³/mol. The van der Waals surface area contributed by atoms with E-state index in [-0.39, 0.29) is 9.92 Å². The van der Waals surface area contributed by atoms with Gasteiger partial charge in [-0.3, -0.25) is 4.63 Å². The number of nitrogens with zero attached hydrogens (tertiary/aromatic N) is 2. The molecule has 118 valence electrons. The van der Waals surface area contributed by atoms with Gasteiger partial charge >= 0.3 is 0 Å². The first-order chi connectivity index (χ1) is 10.3. The minimum atomic E-state index is -3.91. The van der Waals surface area contributed by atoms with Crippen molar-refractivity contribution < 1.29 is 17.9 Å². The number of nitrogens with two attached hydrogens (primary N) is 1. The van der Waals surface area contributed by atoms with Crippen LogP contribution in [0, 0.1) is 12.1 Å². The Balaban J connectivity index is 1.98. The molecule has 12 heteroatoms. The van der Waals surface area contributed by atoms with Crippen molar-refractivity contribution in [1.29, 1.82) is 0 Å². The molecular formula is C10H10ClN5O4S2. The number of fused-ring (bicyclic) bond motifs is 1. The van der Waals surface area contributed by atoms with E-state index in [1.807, 2.05) is 0 Å². The summed E-state index contributed by atoms with van der Waals surface area (Å²) in [5.74, 6) is 0. The molecule has 2 aromatic rings. The van der Waals surface area contributed by atoms with E-state index in [9.17, 15) is 13.6 Å². The van der Waals surface area contributed by atoms with Crippen LogP contribution in [0.4, 0.5) is 5.69 Å². The Morgan fingerprint density at radius 3 is 2.86 bits per heavy atom. The average molecular weight is 364 g/mol. The SMILES string of the molecule is Cc1c(C2NSc3cc(S(N)(=O)=O)c(Cl)cc3N2)no[n+]1[O-]. The molecule has 22 heavy (non-hydrogen) atoms. The fraction of sp³-hybridized carbons (Fsp3) is 0.200. The number of hydrogen-bond acceptors (Lipinski definition) is 8. The summed E-state index contributed by atoms with van der Waals surface area (Å²) in [7, 11) is -3.91. The largest absolute Gasteiger partial charge is 0.361 e. The van der Waals surface area contributed by atoms with E-state index in [1.54, 1.807) is 6.92 Å². The van der Waals surface area contributed by atoms with Crippen molar-refractivity contribution in [3.63, 3.8) is 0 Å². The van der Waals surface area contributed by atoms with Crippen molar-refractivity contribution >= 4 is 39.3 Å². The van der Waals surface area contributed by atoms with Gasteiger partial charge in [0.25, 0.3) is 5.69 Å². The quantitative estimate of drug-likeness (QED) is 0.522. The number of aromatic nitrogens is 2. The Morgan fingerprint density at radius 1 is 1.55 bits per heavy atom. The summed E-state index contributed by atoms with van der Waals surface area (Å²) < 4.78 is 30.4. The first-order valence-corrected chi connectivity index (χ1v) is 8.63. The lowest BCUT2D eigenvalue weighted by Crippen LogP contribution is -2.31. The van der Waals surface area contributed by atoms with Crippen LogP contribution >= 0.6 is 23.5 Å². The van der Waals surface area contributed by atoms with Gasteiger partial charge in [0, 0.05) is 17.0 Å². The standard InChI is InChI=1S/C10H10ClN5O4S2/c1-4-9(14-20-16(4)17)10-13-6-2-5(11)8(22(12,18)19)3-7(6)21-15-10/h2-3,10,13,15H,1H3,(H2,12,18,19). The highest BCUT2D eigenvalue weighted by Gasteiger charge is 2.30. The summed E-state index contributed by atoms with van der Waals surface area (Å²) in [5.41, 5.74) is 1.28. The van der Waals surface area contributed by atoms with Gasteiger partial charge in [0.2, 0.25) is 10.0 Å². The molecule has 9 nitrogen and oxygen atoms in total. The van der Waals surface area contributed by atoms with Gasteiger partial charge < -0.3 is 10.5 Å². The second-order valence-corrected chi connectivity index (χ2v) is 7.34. The maximum absolute atomic E-state index is 11.5. The highest BCUT2D eigenvalue weighted by atomic mass is 35.5. The molecule has 1 atom stereocenters. The van der Waals surface area contributed by atoms with Gasteiger partial charge in [-0.25, -0.2) is 18.3 Å². The third kappa shape index (κ3) is 2.61. The van der Waals surface area contributed by atoms with E-state index in [1.165, 1.54) is 12.1 Å². The lowest BCUT2D eigenvalue weighted by molar-refractivity contribution is -0.806. The number of hydrogen-bond donors (Lipinski definition) is 3. The molecule has 0 saturated carbocycles. The molecule has 1 aliphatic rings. The zero-order valence-corrected chi connectivity index (χ0v) is 13.4. The van der Waals surface area contributed by atoms with Crippen LogP contribution in [-0.2, 0) is 10.0 Å². The molecule has 0 saturated heterocycles. The van der Waals surface area contributed by atoms with Crippen molar-refractivity contribution in [3.05, 3.63) is 33.8 Å². The van der Waals surface area contributed by atoms with Crippen LogP contribution in [0.1, 0.15) is 17.6 Å². The van der Waals surface area contributed by atoms with E-state index in [0.29, 0.717) is 26.9 Å². The van der Waals surface area contributed by atoms with Crippen molar-refractivity contribution in [1.82, 2.24) is 9.88 Å². The Labute approximate surface area is 134 Å². The predicted octanol–water partition coefficient (Wildman–Crippen LogP) is 0.638. The van der Waals surface area contributed by atoms with Gasteiger partial charge in [0.1, 0.15) is 4.90 Å². The van der Waals surface area contributed by atoms with E-state index in [4.69, 9.17) is 16.7 Å². The number of primary sulfonamides is 1. The lowest BCUT2D eigenvalue weighted by Gasteiger charge is -2.25. The molecule has 0 aliphatic carbocycles. The molecule has 0 spiro atoms. The van der Waals surface area contributed by atoms with Crippen LogP contribution in [0.2, 0.25) is 5.02 Å². The molecule has 3 rings (SSSR count). The number of benzene rings is 1. The number of halogens is 1. The number of rotatable bonds is 2. The topological polar surface area (TPSA) is 137 Å². The highest BCUT2D eigenvalue weighted by Crippen LogP contribution is 2.38. The molecule has 0 bridgehead atoms. The van der Waals surface area contributed by atoms with Gasteiger partial charge in [-0.1, -0.05) is 11.6 Å². The van der Waals surface area contributed by atoms with Gasteiger partial charge in [-0.2, -0.15) is 0 Å². The monoisotopic (exact) mass is 363 g/mol. The normalized spacial score (nSPS) is 17.9. The molecule has 1 aliphatic heterocycles. The Morgan fingerprint density at radius 2 is 2.27 bits per heavy atom. The fourth-order valence-corrected chi connectivity index (χ4v) is 3.94. The average Bonchev–Trinajstić information content (AvgIpc) is 2.76. The van der Waals surface area contributed by atoms with E-state index in [2.05, 4.69) is 19.8 Å². The summed E-state index contributed by atoms with van der Waals surface area (Å²) in [4.78, 5) is 0.744. The Kier molecular flexibility index (Phi) is 3.69. The third-order valence-electron chi connectivity index (χ3n) is 3.06. The molecule has 4 N–H and O–H groups in total. The second kappa shape index (κ2) is 5.28. The number of sulfonamides is 1. The van der Waals surface area contributed by atoms with Crippen LogP contribution in [0.25, 0.3) is 0 Å². The molecule has 1 aromatic carbocycles. The fourth-order valence-electron chi connectivity index (χ4n) is 1.95. The minimum absolute atomic E-state index is 0.00534. The van der Waals surface area contributed by atoms with Crippen molar-refractivity contribution in [2.75, 3.05) is 5.32 Å². The van der Waals surface area contributed by atoms with Gasteiger partial charge in [-0.15, -0.1) is 0 Å². The number of nitrogens with one attached hydrogen (secondary N) is 2. The summed E-state index contributed by atoms with van der Waals surface area (Å²) in [6.45, 7) is 1.57. The van der Waals surface area contributed by atoms with Crippen LogP contribution in [0.15, 0.2) is 26.6 Å². The summed E-state index contributed by atoms with van der Waals surface area (Å²) >= 11 is 7.12. The lowest BCUT2D eigenvalue weighted by atomic mass is 10.2. The molecule has 0 amide bonds. The zero-order chi connectivity index (χ0) is 16.1. The van der Waals surface area contributed by atoms with Crippen molar-refractivity contribution in [2.45, 2.75) is 22.9 Å². The van der Waals surface area contributed by atoms with Crippen LogP contribution in [0.3, 0.4) is 0 Å². The maximum atomic E-state index is 11.5. The Bertz CT molecular complexity index is 853. The first-order valence-electron chi connectivity index (χ1n) is 5.89. The highest BCUT2D eigenvalue weighted by molar-refractivity contribution is 7.97. The van der Waals surface area contributed by atoms with Gasteiger partial charge in [-0.05, 0) is 29.0 Å². The molecule has 1 aromatic heterocycles. The smallest absolute Gasteiger partial charge is 0.258 e. The first kappa shape index (κ1) is 15.4. The van der Waals surface area contributed by atoms with Crippen molar-refractivity contribution in [3.8, 4) is 0 Å². The van der Waals surface area contributed by atoms with Gasteiger partial charge in [0.05, 0.1) is 10.7 Å². The summed E-state index contributed by atoms with van der Waals surface area (Å²) in [6.07, 6.45) is -0.493. The third-order valence-corrected chi connectivity index (χ3v) is 5.35. The molecule has 0 radical (unpaired) electrons. The second-order valence-electron chi connectivity index (χ2n) is 4.52. The van der Waals surface area contributed by atoms with E-state index in [0.717, 1.165) is 11.9 Å². The molecule has 1 unspecified atom stereocenters. The molecule has 0 fully saturated rings. The Hall–Kier alpha value is -1.53. The summed E-state index contributed by atoms with van der Waals surface area (Å²) in [5, 5.41) is 23.1. The molecule has 2 heterocycles. The molecular weight excluding hydrogens is 354 g/mol. The van der Waals surface area contributed by atoms with Crippen LogP contribution in [0.5, 0.6) is 0 Å². The summed E-state index contributed by atoms with van der Waals surface area (Å²) in [6, 6.07) is 2.83. The zero-order valence-electron chi connectivity index (χ0n) is 11.0. The minimum Gasteiger partial charge on any atom is -0.361 e. The van der Waals surface area contributed by atoms with Gasteiger partial charge in [0.15, 0.2) is 11.9 Å². The van der Waals surface area contributed by atoms with E-state index < -0.39 is 16.2 Å². The van der Waals surface area contributed by atoms with Crippen molar-refractivity contribution in [2.24, 2.45) is 5.14 Å². The van der Waals surface area contributed by atoms with Crippen LogP contribution in [-0.4, -0.2) is 13.6 Å². The maximum Gasteiger partial charge on any atom is 0.258 e. The van der Waals surface area contributed by atoms with Crippen LogP contribution < -0.4 is 20.1 Å².